The van der Waals surface area contributed by atoms with Gasteiger partial charge in [-0.25, -0.2) is 9.59 Å². The van der Waals surface area contributed by atoms with Gasteiger partial charge in [-0.1, -0.05) is 60.7 Å². The van der Waals surface area contributed by atoms with Crippen LogP contribution in [-0.2, 0) is 24.7 Å². The maximum absolute atomic E-state index is 10.9. The molecule has 0 heterocycles. The smallest absolute Gasteiger partial charge is 0.371 e. The van der Waals surface area contributed by atoms with E-state index in [1.54, 1.807) is 24.3 Å². The summed E-state index contributed by atoms with van der Waals surface area (Å²) in [6.45, 7) is 1.53. The number of carbonyl (C=O) groups is 2. The molecule has 0 aliphatic rings. The molecule has 0 aliphatic heterocycles. The van der Waals surface area contributed by atoms with Crippen molar-refractivity contribution in [3.8, 4) is 0 Å². The van der Waals surface area contributed by atoms with Crippen molar-refractivity contribution in [2.45, 2.75) is 12.5 Å². The summed E-state index contributed by atoms with van der Waals surface area (Å²) in [5.74, 6) is -2.11. The Bertz CT molecular complexity index is 739. The van der Waals surface area contributed by atoms with Crippen molar-refractivity contribution in [1.82, 2.24) is 0 Å². The zero-order valence-electron chi connectivity index (χ0n) is 14.9. The Morgan fingerprint density at radius 2 is 1.42 bits per heavy atom. The van der Waals surface area contributed by atoms with E-state index in [-0.39, 0.29) is 5.76 Å². The Morgan fingerprint density at radius 1 is 0.923 bits per heavy atom. The van der Waals surface area contributed by atoms with Crippen molar-refractivity contribution < 1.29 is 29.3 Å². The van der Waals surface area contributed by atoms with Crippen LogP contribution in [0.1, 0.15) is 18.1 Å². The Morgan fingerprint density at radius 3 is 1.81 bits per heavy atom. The Hall–Kier alpha value is -3.12. The van der Waals surface area contributed by atoms with Crippen LogP contribution >= 0.6 is 0 Å². The van der Waals surface area contributed by atoms with E-state index >= 15 is 0 Å². The minimum atomic E-state index is -1.25. The van der Waals surface area contributed by atoms with E-state index in [0.29, 0.717) is 5.56 Å². The highest BCUT2D eigenvalue weighted by molar-refractivity contribution is 5.89. The van der Waals surface area contributed by atoms with Gasteiger partial charge in [0.25, 0.3) is 0 Å². The molecule has 0 spiro atoms. The van der Waals surface area contributed by atoms with E-state index in [1.165, 1.54) is 27.2 Å². The van der Waals surface area contributed by atoms with Crippen molar-refractivity contribution >= 4 is 18.0 Å². The van der Waals surface area contributed by atoms with Crippen LogP contribution in [0.5, 0.6) is 0 Å². The molecule has 2 rings (SSSR count). The summed E-state index contributed by atoms with van der Waals surface area (Å²) in [7, 11) is 2.73. The van der Waals surface area contributed by atoms with Crippen LogP contribution in [0.3, 0.4) is 0 Å². The van der Waals surface area contributed by atoms with E-state index in [9.17, 15) is 9.59 Å². The summed E-state index contributed by atoms with van der Waals surface area (Å²) in [5, 5.41) is 17.6. The van der Waals surface area contributed by atoms with Crippen LogP contribution in [-0.4, -0.2) is 36.4 Å². The third kappa shape index (κ3) is 5.75. The summed E-state index contributed by atoms with van der Waals surface area (Å²) >= 11 is 0. The zero-order valence-corrected chi connectivity index (χ0v) is 14.9. The molecule has 1 atom stereocenters. The molecule has 6 nitrogen and oxygen atoms in total. The molecule has 26 heavy (non-hydrogen) atoms. The molecule has 138 valence electrons. The van der Waals surface area contributed by atoms with Gasteiger partial charge in [-0.2, -0.15) is 0 Å². The minimum absolute atomic E-state index is 0.0637. The van der Waals surface area contributed by atoms with Gasteiger partial charge in [-0.3, -0.25) is 0 Å². The van der Waals surface area contributed by atoms with Crippen molar-refractivity contribution in [3.05, 3.63) is 77.5 Å². The fourth-order valence-electron chi connectivity index (χ4n) is 1.99. The monoisotopic (exact) mass is 358 g/mol. The van der Waals surface area contributed by atoms with E-state index in [2.05, 4.69) is 4.74 Å². The third-order valence-electron chi connectivity index (χ3n) is 3.67. The molecule has 0 radical (unpaired) electrons. The third-order valence-corrected chi connectivity index (χ3v) is 3.67. The second-order valence-electron chi connectivity index (χ2n) is 5.34. The van der Waals surface area contributed by atoms with Crippen LogP contribution in [0, 0.1) is 0 Å². The lowest BCUT2D eigenvalue weighted by atomic mass is 9.96. The number of carboxylic acids is 2. The van der Waals surface area contributed by atoms with Gasteiger partial charge in [0.1, 0.15) is 0 Å². The molecule has 0 aromatic heterocycles. The molecule has 6 heteroatoms. The lowest BCUT2D eigenvalue weighted by Crippen LogP contribution is -2.34. The lowest BCUT2D eigenvalue weighted by Gasteiger charge is -2.23. The summed E-state index contributed by atoms with van der Waals surface area (Å²) < 4.78 is 9.66. The van der Waals surface area contributed by atoms with Crippen molar-refractivity contribution in [3.63, 3.8) is 0 Å². The molecule has 0 bridgehead atoms. The quantitative estimate of drug-likeness (QED) is 0.607. The van der Waals surface area contributed by atoms with Crippen LogP contribution in [0.2, 0.25) is 0 Å². The number of methoxy groups -OCH3 is 2. The average molecular weight is 358 g/mol. The van der Waals surface area contributed by atoms with Crippen molar-refractivity contribution in [2.24, 2.45) is 0 Å². The molecule has 0 saturated heterocycles. The molecule has 0 aliphatic carbocycles. The average Bonchev–Trinajstić information content (AvgIpc) is 2.67. The highest BCUT2D eigenvalue weighted by Crippen LogP contribution is 2.24. The standard InChI is InChI=1S/C10H12O3.C10H10O3/c1-10(13-2,9(11)12)8-6-4-3-5-7-8;1-13-9(10(11)12)7-8-5-3-2-4-6-8/h3-7H,1-2H3,(H,11,12);2-7H,1H3,(H,11,12). The molecule has 2 aromatic carbocycles. The topological polar surface area (TPSA) is 93.1 Å². The lowest BCUT2D eigenvalue weighted by molar-refractivity contribution is -0.161. The first-order chi connectivity index (χ1) is 12.3. The van der Waals surface area contributed by atoms with E-state index < -0.39 is 17.5 Å². The second kappa shape index (κ2) is 10.0. The van der Waals surface area contributed by atoms with Crippen molar-refractivity contribution in [2.75, 3.05) is 14.2 Å². The first-order valence-corrected chi connectivity index (χ1v) is 7.73. The summed E-state index contributed by atoms with van der Waals surface area (Å²) in [4.78, 5) is 21.5. The highest BCUT2D eigenvalue weighted by Gasteiger charge is 2.34. The summed E-state index contributed by atoms with van der Waals surface area (Å²) in [6.07, 6.45) is 1.47. The largest absolute Gasteiger partial charge is 0.490 e. The first kappa shape index (κ1) is 20.9. The van der Waals surface area contributed by atoms with Crippen LogP contribution in [0.4, 0.5) is 0 Å². The Labute approximate surface area is 152 Å². The summed E-state index contributed by atoms with van der Waals surface area (Å²) in [5.41, 5.74) is 0.202. The highest BCUT2D eigenvalue weighted by atomic mass is 16.5. The molecule has 2 N–H and O–H groups in total. The number of rotatable bonds is 6. The molecular formula is C20H22O6. The number of benzene rings is 2. The second-order valence-corrected chi connectivity index (χ2v) is 5.34. The predicted octanol–water partition coefficient (Wildman–Crippen LogP) is 3.39. The van der Waals surface area contributed by atoms with Gasteiger partial charge < -0.3 is 19.7 Å². The van der Waals surface area contributed by atoms with Crippen LogP contribution < -0.4 is 0 Å². The van der Waals surface area contributed by atoms with E-state index in [1.807, 2.05) is 36.4 Å². The molecule has 0 amide bonds. The van der Waals surface area contributed by atoms with Gasteiger partial charge in [0.15, 0.2) is 5.60 Å². The Kier molecular flexibility index (Phi) is 8.05. The van der Waals surface area contributed by atoms with Gasteiger partial charge in [0.2, 0.25) is 5.76 Å². The maximum Gasteiger partial charge on any atom is 0.371 e. The molecular weight excluding hydrogens is 336 g/mol. The molecule has 0 saturated carbocycles. The van der Waals surface area contributed by atoms with E-state index in [0.717, 1.165) is 5.56 Å². The van der Waals surface area contributed by atoms with E-state index in [4.69, 9.17) is 14.9 Å². The molecule has 1 unspecified atom stereocenters. The summed E-state index contributed by atoms with van der Waals surface area (Å²) in [6, 6.07) is 18.0. The number of ether oxygens (including phenoxy) is 2. The first-order valence-electron chi connectivity index (χ1n) is 7.73. The van der Waals surface area contributed by atoms with Gasteiger partial charge in [-0.05, 0) is 24.1 Å². The van der Waals surface area contributed by atoms with Crippen LogP contribution in [0.15, 0.2) is 66.4 Å². The Balaban J connectivity index is 0.000000260. The van der Waals surface area contributed by atoms with Gasteiger partial charge in [0, 0.05) is 7.11 Å². The fraction of sp³-hybridized carbons (Fsp3) is 0.200. The number of carboxylic acid groups (broad SMARTS) is 2. The van der Waals surface area contributed by atoms with Gasteiger partial charge in [-0.15, -0.1) is 0 Å². The number of aliphatic carboxylic acids is 2. The zero-order chi connectivity index (χ0) is 19.6. The number of hydrogen-bond donors (Lipinski definition) is 2. The molecule has 0 fully saturated rings. The van der Waals surface area contributed by atoms with Gasteiger partial charge >= 0.3 is 11.9 Å². The van der Waals surface area contributed by atoms with Crippen LogP contribution in [0.25, 0.3) is 6.08 Å². The fourth-order valence-corrected chi connectivity index (χ4v) is 1.99. The van der Waals surface area contributed by atoms with Crippen molar-refractivity contribution in [1.29, 1.82) is 0 Å². The predicted molar refractivity (Wildman–Crippen MR) is 97.5 cm³/mol. The normalized spacial score (nSPS) is 13.0. The van der Waals surface area contributed by atoms with Gasteiger partial charge in [0.05, 0.1) is 7.11 Å². The SMILES string of the molecule is COC(=Cc1ccccc1)C(=O)O.COC(C)(C(=O)O)c1ccccc1. The molecule has 2 aromatic rings. The minimum Gasteiger partial charge on any atom is -0.490 e. The maximum atomic E-state index is 10.9. The number of hydrogen-bond acceptors (Lipinski definition) is 4.